The summed E-state index contributed by atoms with van der Waals surface area (Å²) in [4.78, 5) is 23.1. The molecule has 0 bridgehead atoms. The number of pyridine rings is 1. The summed E-state index contributed by atoms with van der Waals surface area (Å²) in [7, 11) is 0. The minimum Gasteiger partial charge on any atom is -0.342 e. The average molecular weight is 347 g/mol. The standard InChI is InChI=1S/C20H21N5O/c26-19(13-15-4-2-1-3-5-15)25-11-8-16(14-25)12-18-22-20(24-23-18)17-6-9-21-10-7-17/h1-7,9-10,16H,8,11-14H2,(H,22,23,24). The lowest BCUT2D eigenvalue weighted by Gasteiger charge is -2.16. The van der Waals surface area contributed by atoms with E-state index in [4.69, 9.17) is 0 Å². The third-order valence-corrected chi connectivity index (χ3v) is 4.79. The van der Waals surface area contributed by atoms with Crippen molar-refractivity contribution in [1.82, 2.24) is 25.1 Å². The van der Waals surface area contributed by atoms with Gasteiger partial charge < -0.3 is 4.90 Å². The molecule has 1 aliphatic heterocycles. The van der Waals surface area contributed by atoms with Crippen molar-refractivity contribution >= 4 is 5.91 Å². The molecule has 2 aromatic heterocycles. The van der Waals surface area contributed by atoms with E-state index < -0.39 is 0 Å². The largest absolute Gasteiger partial charge is 0.342 e. The molecule has 0 saturated carbocycles. The first kappa shape index (κ1) is 16.4. The number of nitrogens with zero attached hydrogens (tertiary/aromatic N) is 4. The van der Waals surface area contributed by atoms with Crippen molar-refractivity contribution < 1.29 is 4.79 Å². The number of rotatable bonds is 5. The van der Waals surface area contributed by atoms with Crippen molar-refractivity contribution in [1.29, 1.82) is 0 Å². The zero-order chi connectivity index (χ0) is 17.8. The summed E-state index contributed by atoms with van der Waals surface area (Å²) in [6, 6.07) is 13.7. The quantitative estimate of drug-likeness (QED) is 0.769. The van der Waals surface area contributed by atoms with E-state index in [2.05, 4.69) is 20.2 Å². The maximum atomic E-state index is 12.5. The van der Waals surface area contributed by atoms with E-state index in [1.807, 2.05) is 47.4 Å². The molecule has 6 heteroatoms. The van der Waals surface area contributed by atoms with Crippen molar-refractivity contribution in [2.45, 2.75) is 19.3 Å². The minimum absolute atomic E-state index is 0.203. The molecule has 4 rings (SSSR count). The van der Waals surface area contributed by atoms with E-state index in [0.717, 1.165) is 42.9 Å². The molecule has 132 valence electrons. The Balaban J connectivity index is 1.33. The van der Waals surface area contributed by atoms with Crippen LogP contribution in [0.3, 0.4) is 0 Å². The molecule has 1 aromatic carbocycles. The molecule has 6 nitrogen and oxygen atoms in total. The zero-order valence-corrected chi connectivity index (χ0v) is 14.5. The average Bonchev–Trinajstić information content (AvgIpc) is 3.33. The van der Waals surface area contributed by atoms with Gasteiger partial charge in [-0.1, -0.05) is 30.3 Å². The Labute approximate surface area is 152 Å². The van der Waals surface area contributed by atoms with E-state index >= 15 is 0 Å². The third kappa shape index (κ3) is 3.79. The number of hydrogen-bond donors (Lipinski definition) is 1. The van der Waals surface area contributed by atoms with Crippen molar-refractivity contribution in [3.05, 3.63) is 66.2 Å². The van der Waals surface area contributed by atoms with Crippen LogP contribution in [0.4, 0.5) is 0 Å². The molecule has 1 amide bonds. The maximum Gasteiger partial charge on any atom is 0.226 e. The number of hydrogen-bond acceptors (Lipinski definition) is 4. The van der Waals surface area contributed by atoms with Crippen LogP contribution in [0, 0.1) is 5.92 Å². The number of carbonyl (C=O) groups excluding carboxylic acids is 1. The van der Waals surface area contributed by atoms with Crippen LogP contribution in [0.2, 0.25) is 0 Å². The molecular weight excluding hydrogens is 326 g/mol. The Morgan fingerprint density at radius 1 is 1.15 bits per heavy atom. The Morgan fingerprint density at radius 2 is 1.96 bits per heavy atom. The number of amides is 1. The molecule has 0 aliphatic carbocycles. The fourth-order valence-corrected chi connectivity index (χ4v) is 3.40. The van der Waals surface area contributed by atoms with Gasteiger partial charge >= 0.3 is 0 Å². The molecule has 1 saturated heterocycles. The van der Waals surface area contributed by atoms with Gasteiger partial charge in [-0.15, -0.1) is 0 Å². The molecule has 26 heavy (non-hydrogen) atoms. The van der Waals surface area contributed by atoms with Gasteiger partial charge in [0.15, 0.2) is 5.82 Å². The molecule has 1 N–H and O–H groups in total. The summed E-state index contributed by atoms with van der Waals surface area (Å²) >= 11 is 0. The smallest absolute Gasteiger partial charge is 0.226 e. The molecular formula is C20H21N5O. The normalized spacial score (nSPS) is 16.8. The highest BCUT2D eigenvalue weighted by Crippen LogP contribution is 2.21. The Morgan fingerprint density at radius 3 is 2.77 bits per heavy atom. The number of benzene rings is 1. The number of carbonyl (C=O) groups is 1. The third-order valence-electron chi connectivity index (χ3n) is 4.79. The van der Waals surface area contributed by atoms with Gasteiger partial charge in [-0.2, -0.15) is 5.10 Å². The van der Waals surface area contributed by atoms with E-state index in [0.29, 0.717) is 18.2 Å². The second-order valence-corrected chi connectivity index (χ2v) is 6.70. The summed E-state index contributed by atoms with van der Waals surface area (Å²) in [6.45, 7) is 1.61. The van der Waals surface area contributed by atoms with E-state index in [1.165, 1.54) is 0 Å². The zero-order valence-electron chi connectivity index (χ0n) is 14.5. The Kier molecular flexibility index (Phi) is 4.73. The molecule has 0 radical (unpaired) electrons. The van der Waals surface area contributed by atoms with E-state index in [1.54, 1.807) is 12.4 Å². The predicted octanol–water partition coefficient (Wildman–Crippen LogP) is 2.50. The van der Waals surface area contributed by atoms with Gasteiger partial charge in [0.2, 0.25) is 5.91 Å². The van der Waals surface area contributed by atoms with Gasteiger partial charge in [0.1, 0.15) is 5.82 Å². The molecule has 1 aliphatic rings. The van der Waals surface area contributed by atoms with Crippen LogP contribution in [0.25, 0.3) is 11.4 Å². The van der Waals surface area contributed by atoms with E-state index in [-0.39, 0.29) is 5.91 Å². The number of likely N-dealkylation sites (tertiary alicyclic amines) is 1. The molecule has 3 aromatic rings. The molecule has 0 spiro atoms. The monoisotopic (exact) mass is 347 g/mol. The Bertz CT molecular complexity index is 862. The summed E-state index contributed by atoms with van der Waals surface area (Å²) in [6.07, 6.45) is 5.76. The molecule has 3 heterocycles. The van der Waals surface area contributed by atoms with Crippen molar-refractivity contribution in [2.75, 3.05) is 13.1 Å². The van der Waals surface area contributed by atoms with Crippen LogP contribution < -0.4 is 0 Å². The number of nitrogens with one attached hydrogen (secondary N) is 1. The van der Waals surface area contributed by atoms with Crippen LogP contribution in [0.15, 0.2) is 54.9 Å². The van der Waals surface area contributed by atoms with Gasteiger partial charge in [-0.05, 0) is 30.0 Å². The first-order valence-corrected chi connectivity index (χ1v) is 8.91. The molecule has 1 unspecified atom stereocenters. The summed E-state index contributed by atoms with van der Waals surface area (Å²) in [5, 5.41) is 7.32. The van der Waals surface area contributed by atoms with Crippen LogP contribution in [0.5, 0.6) is 0 Å². The van der Waals surface area contributed by atoms with Gasteiger partial charge in [0, 0.05) is 37.5 Å². The van der Waals surface area contributed by atoms with Gasteiger partial charge in [0.25, 0.3) is 0 Å². The summed E-state index contributed by atoms with van der Waals surface area (Å²) in [5.74, 6) is 2.19. The highest BCUT2D eigenvalue weighted by Gasteiger charge is 2.27. The number of aromatic nitrogens is 4. The van der Waals surface area contributed by atoms with Gasteiger partial charge in [-0.3, -0.25) is 14.9 Å². The van der Waals surface area contributed by atoms with Crippen molar-refractivity contribution in [3.63, 3.8) is 0 Å². The topological polar surface area (TPSA) is 74.8 Å². The fraction of sp³-hybridized carbons (Fsp3) is 0.300. The maximum absolute atomic E-state index is 12.5. The Hall–Kier alpha value is -3.02. The lowest BCUT2D eigenvalue weighted by atomic mass is 10.0. The fourth-order valence-electron chi connectivity index (χ4n) is 3.40. The minimum atomic E-state index is 0.203. The first-order valence-electron chi connectivity index (χ1n) is 8.91. The van der Waals surface area contributed by atoms with Crippen molar-refractivity contribution in [3.8, 4) is 11.4 Å². The van der Waals surface area contributed by atoms with Crippen LogP contribution in [-0.4, -0.2) is 44.1 Å². The summed E-state index contributed by atoms with van der Waals surface area (Å²) < 4.78 is 0. The van der Waals surface area contributed by atoms with Crippen LogP contribution in [0.1, 0.15) is 17.8 Å². The predicted molar refractivity (Wildman–Crippen MR) is 98.2 cm³/mol. The molecule has 1 fully saturated rings. The number of aromatic amines is 1. The highest BCUT2D eigenvalue weighted by molar-refractivity contribution is 5.79. The number of H-pyrrole nitrogens is 1. The van der Waals surface area contributed by atoms with Gasteiger partial charge in [0.05, 0.1) is 6.42 Å². The van der Waals surface area contributed by atoms with E-state index in [9.17, 15) is 4.79 Å². The lowest BCUT2D eigenvalue weighted by Crippen LogP contribution is -2.30. The van der Waals surface area contributed by atoms with Crippen LogP contribution in [-0.2, 0) is 17.6 Å². The van der Waals surface area contributed by atoms with Gasteiger partial charge in [-0.25, -0.2) is 4.98 Å². The SMILES string of the molecule is O=C(Cc1ccccc1)N1CCC(Cc2nc(-c3ccncc3)n[nH]2)C1. The van der Waals surface area contributed by atoms with Crippen LogP contribution >= 0.6 is 0 Å². The van der Waals surface area contributed by atoms with Crippen molar-refractivity contribution in [2.24, 2.45) is 5.92 Å². The highest BCUT2D eigenvalue weighted by atomic mass is 16.2. The summed E-state index contributed by atoms with van der Waals surface area (Å²) in [5.41, 5.74) is 2.02. The molecule has 1 atom stereocenters. The lowest BCUT2D eigenvalue weighted by molar-refractivity contribution is -0.129. The first-order chi connectivity index (χ1) is 12.8. The second-order valence-electron chi connectivity index (χ2n) is 6.70. The second kappa shape index (κ2) is 7.47.